The number of nitrogens with one attached hydrogen (secondary N) is 2. The van der Waals surface area contributed by atoms with Crippen LogP contribution in [0.15, 0.2) is 6.07 Å². The largest absolute Gasteiger partial charge is 0.462 e. The van der Waals surface area contributed by atoms with Gasteiger partial charge < -0.3 is 25.0 Å². The summed E-state index contributed by atoms with van der Waals surface area (Å²) in [7, 11) is 0. The number of carbonyl (C=O) groups excluding carboxylic acids is 2. The molecule has 2 aliphatic rings. The predicted octanol–water partition coefficient (Wildman–Crippen LogP) is 3.82. The number of hydrogen-bond donors (Lipinski definition) is 2. The van der Waals surface area contributed by atoms with E-state index < -0.39 is 34.9 Å². The van der Waals surface area contributed by atoms with E-state index in [0.717, 1.165) is 18.9 Å². The van der Waals surface area contributed by atoms with Gasteiger partial charge in [-0.1, -0.05) is 0 Å². The number of anilines is 2. The molecule has 1 saturated carbocycles. The first-order valence-corrected chi connectivity index (χ1v) is 10.3. The zero-order valence-corrected chi connectivity index (χ0v) is 17.8. The van der Waals surface area contributed by atoms with Crippen LogP contribution in [0.3, 0.4) is 0 Å². The topological polar surface area (TPSA) is 79.9 Å². The van der Waals surface area contributed by atoms with Gasteiger partial charge in [-0.3, -0.25) is 0 Å². The molecule has 1 aliphatic heterocycles. The van der Waals surface area contributed by atoms with Gasteiger partial charge in [0, 0.05) is 25.2 Å². The van der Waals surface area contributed by atoms with Gasteiger partial charge >= 0.3 is 12.1 Å². The lowest BCUT2D eigenvalue weighted by molar-refractivity contribution is 0.0502. The maximum atomic E-state index is 15.4. The van der Waals surface area contributed by atoms with Gasteiger partial charge in [-0.2, -0.15) is 0 Å². The lowest BCUT2D eigenvalue weighted by atomic mass is 10.1. The fourth-order valence-corrected chi connectivity index (χ4v) is 3.38. The van der Waals surface area contributed by atoms with E-state index in [1.807, 2.05) is 0 Å². The Labute approximate surface area is 175 Å². The molecule has 166 valence electrons. The fourth-order valence-electron chi connectivity index (χ4n) is 3.38. The highest BCUT2D eigenvalue weighted by molar-refractivity contribution is 5.97. The summed E-state index contributed by atoms with van der Waals surface area (Å²) in [4.78, 5) is 25.9. The average Bonchev–Trinajstić information content (AvgIpc) is 3.33. The summed E-state index contributed by atoms with van der Waals surface area (Å²) < 4.78 is 40.4. The Hall–Kier alpha value is -2.58. The number of halogens is 2. The second-order valence-corrected chi connectivity index (χ2v) is 8.66. The summed E-state index contributed by atoms with van der Waals surface area (Å²) in [6.07, 6.45) is 1.68. The van der Waals surface area contributed by atoms with Crippen LogP contribution in [0.1, 0.15) is 57.3 Å². The Bertz CT molecular complexity index is 821. The number of benzene rings is 1. The summed E-state index contributed by atoms with van der Waals surface area (Å²) in [6, 6.07) is 0.782. The molecule has 3 rings (SSSR count). The second-order valence-electron chi connectivity index (χ2n) is 8.66. The van der Waals surface area contributed by atoms with E-state index in [9.17, 15) is 14.0 Å². The van der Waals surface area contributed by atoms with E-state index in [-0.39, 0.29) is 30.1 Å². The number of rotatable bonds is 6. The number of hydrogen-bond acceptors (Lipinski definition) is 6. The highest BCUT2D eigenvalue weighted by Crippen LogP contribution is 2.37. The molecule has 1 aromatic rings. The Kier molecular flexibility index (Phi) is 6.38. The number of amides is 1. The first-order valence-electron chi connectivity index (χ1n) is 10.3. The smallest absolute Gasteiger partial charge is 0.407 e. The third-order valence-electron chi connectivity index (χ3n) is 4.85. The van der Waals surface area contributed by atoms with Gasteiger partial charge in [-0.25, -0.2) is 18.4 Å². The molecule has 0 bridgehead atoms. The normalized spacial score (nSPS) is 18.9. The molecule has 1 unspecified atom stereocenters. The molecule has 1 aromatic carbocycles. The Morgan fingerprint density at radius 1 is 1.20 bits per heavy atom. The van der Waals surface area contributed by atoms with Gasteiger partial charge in [0.05, 0.1) is 24.0 Å². The van der Waals surface area contributed by atoms with Crippen molar-refractivity contribution in [2.75, 3.05) is 29.9 Å². The van der Waals surface area contributed by atoms with Crippen LogP contribution in [-0.2, 0) is 9.47 Å². The maximum absolute atomic E-state index is 15.4. The van der Waals surface area contributed by atoms with Crippen LogP contribution in [0.5, 0.6) is 0 Å². The summed E-state index contributed by atoms with van der Waals surface area (Å²) in [5.74, 6) is -2.42. The molecule has 2 fully saturated rings. The van der Waals surface area contributed by atoms with Crippen molar-refractivity contribution in [2.24, 2.45) is 0 Å². The minimum Gasteiger partial charge on any atom is -0.462 e. The lowest BCUT2D eigenvalue weighted by Gasteiger charge is -2.24. The van der Waals surface area contributed by atoms with Crippen molar-refractivity contribution in [1.82, 2.24) is 5.32 Å². The minimum absolute atomic E-state index is 0.0162. The second kappa shape index (κ2) is 8.65. The van der Waals surface area contributed by atoms with Gasteiger partial charge in [0.25, 0.3) is 0 Å². The number of alkyl carbamates (subject to hydrolysis) is 1. The minimum atomic E-state index is -0.894. The van der Waals surface area contributed by atoms with Crippen molar-refractivity contribution in [2.45, 2.75) is 64.6 Å². The Morgan fingerprint density at radius 3 is 2.50 bits per heavy atom. The lowest BCUT2D eigenvalue weighted by Crippen LogP contribution is -2.40. The molecule has 1 saturated heterocycles. The van der Waals surface area contributed by atoms with Crippen LogP contribution in [0.4, 0.5) is 25.0 Å². The molecule has 1 atom stereocenters. The maximum Gasteiger partial charge on any atom is 0.407 e. The highest BCUT2D eigenvalue weighted by atomic mass is 19.1. The molecule has 9 heteroatoms. The van der Waals surface area contributed by atoms with Crippen LogP contribution in [0.25, 0.3) is 0 Å². The van der Waals surface area contributed by atoms with E-state index in [0.29, 0.717) is 19.5 Å². The summed E-state index contributed by atoms with van der Waals surface area (Å²) >= 11 is 0. The van der Waals surface area contributed by atoms with Gasteiger partial charge in [-0.05, 0) is 47.0 Å². The zero-order valence-electron chi connectivity index (χ0n) is 17.8. The first-order chi connectivity index (χ1) is 14.1. The molecule has 1 aliphatic carbocycles. The van der Waals surface area contributed by atoms with E-state index in [2.05, 4.69) is 10.6 Å². The van der Waals surface area contributed by atoms with Gasteiger partial charge in [0.1, 0.15) is 17.0 Å². The van der Waals surface area contributed by atoms with Crippen molar-refractivity contribution in [3.05, 3.63) is 23.3 Å². The fraction of sp³-hybridized carbons (Fsp3) is 0.619. The third-order valence-corrected chi connectivity index (χ3v) is 4.85. The molecule has 30 heavy (non-hydrogen) atoms. The number of carbonyl (C=O) groups is 2. The highest BCUT2D eigenvalue weighted by Gasteiger charge is 2.33. The Morgan fingerprint density at radius 2 is 1.90 bits per heavy atom. The van der Waals surface area contributed by atoms with E-state index in [4.69, 9.17) is 9.47 Å². The SMILES string of the molecule is CCOC(=O)c1c(F)cc(N2CCC(NC(=O)OC(C)(C)C)C2)c(F)c1NC1CC1. The van der Waals surface area contributed by atoms with Crippen LogP contribution in [0, 0.1) is 11.6 Å². The predicted molar refractivity (Wildman–Crippen MR) is 109 cm³/mol. The van der Waals surface area contributed by atoms with Gasteiger partial charge in [0.15, 0.2) is 5.82 Å². The summed E-state index contributed by atoms with van der Waals surface area (Å²) in [6.45, 7) is 7.71. The molecule has 0 radical (unpaired) electrons. The van der Waals surface area contributed by atoms with E-state index in [1.165, 1.54) is 0 Å². The van der Waals surface area contributed by atoms with Gasteiger partial charge in [0.2, 0.25) is 0 Å². The van der Waals surface area contributed by atoms with Crippen LogP contribution >= 0.6 is 0 Å². The van der Waals surface area contributed by atoms with Gasteiger partial charge in [-0.15, -0.1) is 0 Å². The monoisotopic (exact) mass is 425 g/mol. The van der Waals surface area contributed by atoms with Crippen LogP contribution < -0.4 is 15.5 Å². The molecule has 0 aromatic heterocycles. The Balaban J connectivity index is 1.80. The quantitative estimate of drug-likeness (QED) is 0.675. The van der Waals surface area contributed by atoms with E-state index >= 15 is 4.39 Å². The molecule has 7 nitrogen and oxygen atoms in total. The van der Waals surface area contributed by atoms with Crippen molar-refractivity contribution in [3.8, 4) is 0 Å². The number of ether oxygens (including phenoxy) is 2. The molecule has 1 amide bonds. The third kappa shape index (κ3) is 5.31. The molecule has 2 N–H and O–H groups in total. The number of nitrogens with zero attached hydrogens (tertiary/aromatic N) is 1. The molecule has 1 heterocycles. The zero-order chi connectivity index (χ0) is 22.1. The van der Waals surface area contributed by atoms with E-state index in [1.54, 1.807) is 32.6 Å². The molecular weight excluding hydrogens is 396 g/mol. The number of esters is 1. The molecular formula is C21H29F2N3O4. The van der Waals surface area contributed by atoms with Crippen molar-refractivity contribution in [3.63, 3.8) is 0 Å². The molecule has 0 spiro atoms. The van der Waals surface area contributed by atoms with Crippen molar-refractivity contribution >= 4 is 23.4 Å². The standard InChI is InChI=1S/C21H29F2N3O4/c1-5-29-19(27)16-14(22)10-15(17(23)18(16)24-12-6-7-12)26-9-8-13(11-26)25-20(28)30-21(2,3)4/h10,12-13,24H,5-9,11H2,1-4H3,(H,25,28). The van der Waals surface area contributed by atoms with Crippen molar-refractivity contribution < 1.29 is 27.8 Å². The summed E-state index contributed by atoms with van der Waals surface area (Å²) in [5, 5.41) is 5.70. The average molecular weight is 425 g/mol. The summed E-state index contributed by atoms with van der Waals surface area (Å²) in [5.41, 5.74) is -1.14. The first kappa shape index (κ1) is 22.1. The van der Waals surface area contributed by atoms with Crippen LogP contribution in [0.2, 0.25) is 0 Å². The van der Waals surface area contributed by atoms with Crippen molar-refractivity contribution in [1.29, 1.82) is 0 Å². The van der Waals surface area contributed by atoms with Crippen LogP contribution in [-0.4, -0.2) is 49.4 Å².